The van der Waals surface area contributed by atoms with Gasteiger partial charge in [0.15, 0.2) is 0 Å². The first kappa shape index (κ1) is 22.6. The van der Waals surface area contributed by atoms with E-state index in [0.717, 1.165) is 0 Å². The van der Waals surface area contributed by atoms with Crippen LogP contribution in [0.15, 0.2) is 0 Å². The van der Waals surface area contributed by atoms with Crippen LogP contribution in [0.5, 0.6) is 0 Å². The van der Waals surface area contributed by atoms with Crippen LogP contribution in [0, 0.1) is 0 Å². The average Bonchev–Trinajstić information content (AvgIpc) is 0.722. The number of hydrogen-bond acceptors (Lipinski definition) is 4. The number of halogens is 1. The predicted octanol–water partition coefficient (Wildman–Crippen LogP) is -9.99. The molecule has 0 aliphatic rings. The second kappa shape index (κ2) is 10.7. The molecule has 0 aromatic rings. The molecule has 0 radical (unpaired) electrons. The van der Waals surface area contributed by atoms with Crippen molar-refractivity contribution in [2.24, 2.45) is 0 Å². The van der Waals surface area contributed by atoms with Crippen molar-refractivity contribution >= 4 is 20.2 Å². The van der Waals surface area contributed by atoms with Gasteiger partial charge in [-0.15, -0.1) is 9.05 Å². The zero-order valence-electron chi connectivity index (χ0n) is 4.42. The Bertz CT molecular complexity index is 100. The summed E-state index contributed by atoms with van der Waals surface area (Å²) in [5.41, 5.74) is 0. The van der Waals surface area contributed by atoms with Crippen LogP contribution in [0.1, 0.15) is 0 Å². The molecule has 0 saturated heterocycles. The molecule has 0 fully saturated rings. The quantitative estimate of drug-likeness (QED) is 0.329. The summed E-state index contributed by atoms with van der Waals surface area (Å²) in [5.74, 6) is 0. The molecule has 40 valence electrons. The molecular formula is IKNaO3S2-. The Balaban J connectivity index is -0.0000000267. The number of rotatable bonds is 0. The molecule has 0 aromatic carbocycles. The molecule has 0 aliphatic carbocycles. The summed E-state index contributed by atoms with van der Waals surface area (Å²) >= 11 is 3.24. The van der Waals surface area contributed by atoms with Crippen molar-refractivity contribution < 1.29 is 118 Å². The van der Waals surface area contributed by atoms with E-state index < -0.39 is 9.05 Å². The van der Waals surface area contributed by atoms with E-state index in [2.05, 4.69) is 11.2 Å². The van der Waals surface area contributed by atoms with Crippen molar-refractivity contribution in [3.63, 3.8) is 0 Å². The van der Waals surface area contributed by atoms with Crippen molar-refractivity contribution in [1.82, 2.24) is 0 Å². The molecule has 8 heavy (non-hydrogen) atoms. The molecule has 0 N–H and O–H groups in total. The van der Waals surface area contributed by atoms with E-state index in [1.54, 1.807) is 0 Å². The van der Waals surface area contributed by atoms with E-state index in [0.29, 0.717) is 0 Å². The Hall–Kier alpha value is 3.66. The molecule has 0 heterocycles. The van der Waals surface area contributed by atoms with Gasteiger partial charge in [-0.1, -0.05) is 0 Å². The largest absolute Gasteiger partial charge is 1.00 e. The third kappa shape index (κ3) is 54.1. The van der Waals surface area contributed by atoms with Crippen LogP contribution in [0.25, 0.3) is 0 Å². The van der Waals surface area contributed by atoms with Gasteiger partial charge in [0, 0.05) is 0 Å². The molecule has 0 amide bonds. The van der Waals surface area contributed by atoms with Crippen LogP contribution >= 0.6 is 0 Å². The third-order valence-electron chi connectivity index (χ3n) is 0. The van der Waals surface area contributed by atoms with Crippen molar-refractivity contribution in [3.05, 3.63) is 0 Å². The molecule has 0 aromatic heterocycles. The molecule has 0 unspecified atom stereocenters. The first-order valence-electron chi connectivity index (χ1n) is 0.667. The van der Waals surface area contributed by atoms with Crippen LogP contribution < -0.4 is 105 Å². The van der Waals surface area contributed by atoms with Crippen molar-refractivity contribution in [1.29, 1.82) is 0 Å². The van der Waals surface area contributed by atoms with Crippen LogP contribution in [0.2, 0.25) is 0 Å². The summed E-state index contributed by atoms with van der Waals surface area (Å²) in [6, 6.07) is 0. The molecule has 0 bridgehead atoms. The smallest absolute Gasteiger partial charge is 1.00 e. The maximum Gasteiger partial charge on any atom is 1.00 e. The Morgan fingerprint density at radius 3 is 1.38 bits per heavy atom. The fraction of sp³-hybridized carbons (Fsp3) is 0. The molecule has 0 rings (SSSR count). The van der Waals surface area contributed by atoms with Gasteiger partial charge in [0.25, 0.3) is 0 Å². The number of hydrogen-bond donors (Lipinski definition) is 0. The van der Waals surface area contributed by atoms with Crippen LogP contribution in [-0.4, -0.2) is 13.3 Å². The summed E-state index contributed by atoms with van der Waals surface area (Å²) in [5, 5.41) is 0. The fourth-order valence-electron chi connectivity index (χ4n) is 0. The van der Waals surface area contributed by atoms with Gasteiger partial charge >= 0.3 is 80.9 Å². The minimum atomic E-state index is -4.33. The summed E-state index contributed by atoms with van der Waals surface area (Å²) in [4.78, 5) is 0. The fourth-order valence-corrected chi connectivity index (χ4v) is 0. The maximum absolute atomic E-state index is 8.89. The Morgan fingerprint density at radius 1 is 1.38 bits per heavy atom. The molecule has 0 atom stereocenters. The van der Waals surface area contributed by atoms with E-state index in [1.807, 2.05) is 0 Å². The van der Waals surface area contributed by atoms with Gasteiger partial charge in [0.2, 0.25) is 0 Å². The van der Waals surface area contributed by atoms with Gasteiger partial charge in [-0.3, -0.25) is 4.21 Å². The first-order valence-corrected chi connectivity index (χ1v) is 3.00. The minimum Gasteiger partial charge on any atom is -1.00 e. The Kier molecular flexibility index (Phi) is 30.1. The van der Waals surface area contributed by atoms with E-state index in [4.69, 9.17) is 13.3 Å². The van der Waals surface area contributed by atoms with Crippen molar-refractivity contribution in [2.75, 3.05) is 0 Å². The van der Waals surface area contributed by atoms with Crippen molar-refractivity contribution in [2.45, 2.75) is 0 Å². The van der Waals surface area contributed by atoms with E-state index in [9.17, 15) is 0 Å². The predicted molar refractivity (Wildman–Crippen MR) is 17.1 cm³/mol. The van der Waals surface area contributed by atoms with E-state index >= 15 is 0 Å². The maximum atomic E-state index is 8.89. The Labute approximate surface area is 135 Å². The standard InChI is InChI=1S/HI.K.Na.H2O3S2/c;;;1-5(2,3)4/h1H;;;(H2,1,2,3,4)/q;2*+1;/p-3. The normalized spacial score (nSPS) is 7.25. The molecule has 0 aliphatic heterocycles. The zero-order valence-corrected chi connectivity index (χ0v) is 13.3. The Morgan fingerprint density at radius 2 is 1.38 bits per heavy atom. The molecule has 8 heteroatoms. The third-order valence-corrected chi connectivity index (χ3v) is 0. The monoisotopic (exact) mass is 301 g/mol. The van der Waals surface area contributed by atoms with Crippen LogP contribution in [0.3, 0.4) is 0 Å². The minimum absolute atomic E-state index is 0. The van der Waals surface area contributed by atoms with Crippen molar-refractivity contribution in [3.8, 4) is 0 Å². The topological polar surface area (TPSA) is 63.2 Å². The summed E-state index contributed by atoms with van der Waals surface area (Å²) < 4.78 is 26.7. The van der Waals surface area contributed by atoms with Crippen LogP contribution in [0.4, 0.5) is 0 Å². The zero-order chi connectivity index (χ0) is 4.50. The molecular weight excluding hydrogens is 301 g/mol. The first-order chi connectivity index (χ1) is 2.00. The second-order valence-corrected chi connectivity index (χ2v) is 2.45. The second-order valence-electron chi connectivity index (χ2n) is 0.408. The van der Waals surface area contributed by atoms with Gasteiger partial charge in [-0.25, -0.2) is 0 Å². The average molecular weight is 301 g/mol. The van der Waals surface area contributed by atoms with Gasteiger partial charge in [0.05, 0.1) is 0 Å². The van der Waals surface area contributed by atoms with Gasteiger partial charge in [0.1, 0.15) is 0 Å². The molecule has 3 nitrogen and oxygen atoms in total. The molecule has 0 spiro atoms. The van der Waals surface area contributed by atoms with E-state index in [-0.39, 0.29) is 105 Å². The van der Waals surface area contributed by atoms with Crippen LogP contribution in [-0.2, 0) is 20.2 Å². The van der Waals surface area contributed by atoms with Gasteiger partial charge in [-0.05, 0) is 11.2 Å². The van der Waals surface area contributed by atoms with Gasteiger partial charge in [-0.2, -0.15) is 0 Å². The van der Waals surface area contributed by atoms with Gasteiger partial charge < -0.3 is 33.1 Å². The SMILES string of the molecule is O=S([O-])([O-])=S.[I-].[K+].[Na+]. The summed E-state index contributed by atoms with van der Waals surface area (Å²) in [6.45, 7) is 0. The molecule has 0 saturated carbocycles. The summed E-state index contributed by atoms with van der Waals surface area (Å²) in [7, 11) is -4.33. The summed E-state index contributed by atoms with van der Waals surface area (Å²) in [6.07, 6.45) is 0. The van der Waals surface area contributed by atoms with E-state index in [1.165, 1.54) is 0 Å².